The largest absolute Gasteiger partial charge is 0.503 e. The van der Waals surface area contributed by atoms with Crippen LogP contribution in [0.3, 0.4) is 0 Å². The number of nitrogens with zero attached hydrogens (tertiary/aromatic N) is 5. The Morgan fingerprint density at radius 3 is 2.48 bits per heavy atom. The minimum atomic E-state index is -0.946. The number of methoxy groups -OCH3 is 1. The Hall–Kier alpha value is -2.90. The van der Waals surface area contributed by atoms with Crippen LogP contribution in [0.1, 0.15) is 23.6 Å². The highest BCUT2D eigenvalue weighted by Crippen LogP contribution is 2.56. The Morgan fingerprint density at radius 1 is 1.02 bits per heavy atom. The number of hydrogen-bond acceptors (Lipinski definition) is 8. The highest BCUT2D eigenvalue weighted by molar-refractivity contribution is 9.13. The SMILES string of the molecule is COc1cc(CN2CC3CC(c4ccc(N(C)C)c5ccccc45)N4C(=O)N(CCN5CCOCC5)C(=O)C34C2)c(Br)c(Br)c1O. The van der Waals surface area contributed by atoms with E-state index in [1.807, 2.05) is 31.1 Å². The molecule has 3 atom stereocenters. The number of imide groups is 1. The molecule has 4 fully saturated rings. The van der Waals surface area contributed by atoms with Crippen LogP contribution in [-0.2, 0) is 16.1 Å². The van der Waals surface area contributed by atoms with Crippen LogP contribution in [0, 0.1) is 5.92 Å². The highest BCUT2D eigenvalue weighted by atomic mass is 79.9. The zero-order chi connectivity index (χ0) is 32.3. The molecule has 0 radical (unpaired) electrons. The second-order valence-corrected chi connectivity index (χ2v) is 14.5. The van der Waals surface area contributed by atoms with Crippen LogP contribution in [0.15, 0.2) is 51.4 Å². The van der Waals surface area contributed by atoms with Gasteiger partial charge >= 0.3 is 6.03 Å². The first-order chi connectivity index (χ1) is 22.1. The van der Waals surface area contributed by atoms with Gasteiger partial charge < -0.3 is 24.4 Å². The summed E-state index contributed by atoms with van der Waals surface area (Å²) in [6.45, 7) is 5.58. The second-order valence-electron chi connectivity index (χ2n) is 12.9. The van der Waals surface area contributed by atoms with Gasteiger partial charge in [0.15, 0.2) is 11.5 Å². The van der Waals surface area contributed by atoms with E-state index in [4.69, 9.17) is 9.47 Å². The number of benzene rings is 3. The number of carbonyl (C=O) groups excluding carboxylic acids is 2. The Labute approximate surface area is 286 Å². The average Bonchev–Trinajstić information content (AvgIpc) is 3.64. The van der Waals surface area contributed by atoms with Gasteiger partial charge in [-0.15, -0.1) is 0 Å². The number of phenols is 1. The number of hydrogen-bond donors (Lipinski definition) is 1. The summed E-state index contributed by atoms with van der Waals surface area (Å²) in [5.41, 5.74) is 2.19. The molecule has 3 unspecified atom stereocenters. The number of anilines is 1. The van der Waals surface area contributed by atoms with Crippen molar-refractivity contribution in [3.8, 4) is 11.5 Å². The lowest BCUT2D eigenvalue weighted by Gasteiger charge is -2.33. The molecule has 0 bridgehead atoms. The third-order valence-electron chi connectivity index (χ3n) is 10.3. The van der Waals surface area contributed by atoms with Gasteiger partial charge in [-0.3, -0.25) is 19.5 Å². The number of halogens is 2. The van der Waals surface area contributed by atoms with Crippen LogP contribution in [0.2, 0.25) is 0 Å². The van der Waals surface area contributed by atoms with Crippen molar-refractivity contribution in [1.29, 1.82) is 0 Å². The molecule has 1 spiro atoms. The number of ether oxygens (including phenoxy) is 2. The molecule has 3 aromatic rings. The predicted octanol–water partition coefficient (Wildman–Crippen LogP) is 5.06. The number of aromatic hydroxyl groups is 1. The van der Waals surface area contributed by atoms with Crippen LogP contribution in [0.4, 0.5) is 10.5 Å². The van der Waals surface area contributed by atoms with Crippen LogP contribution in [0.5, 0.6) is 11.5 Å². The van der Waals surface area contributed by atoms with E-state index >= 15 is 0 Å². The number of likely N-dealkylation sites (tertiary alicyclic amines) is 1. The molecule has 1 N–H and O–H groups in total. The molecule has 7 rings (SSSR count). The predicted molar refractivity (Wildman–Crippen MR) is 183 cm³/mol. The number of urea groups is 1. The lowest BCUT2D eigenvalue weighted by atomic mass is 9.87. The standard InChI is InChI=1S/C34H39Br2N5O5/c1-37(2)26-9-8-25(23-6-4-5-7-24(23)26)27-17-22-19-39(18-21-16-28(45-3)31(42)30(36)29(21)35)20-34(22)32(43)40(33(44)41(27)34)11-10-38-12-14-46-15-13-38/h4-9,16,22,27,42H,10-15,17-20H2,1-3H3. The van der Waals surface area contributed by atoms with E-state index < -0.39 is 5.54 Å². The van der Waals surface area contributed by atoms with Gasteiger partial charge in [-0.1, -0.05) is 30.3 Å². The molecular formula is C34H39Br2N5O5. The molecule has 4 aliphatic rings. The van der Waals surface area contributed by atoms with Crippen molar-refractivity contribution < 1.29 is 24.2 Å². The van der Waals surface area contributed by atoms with E-state index in [0.717, 1.165) is 45.1 Å². The van der Waals surface area contributed by atoms with E-state index in [9.17, 15) is 14.7 Å². The molecule has 4 heterocycles. The molecule has 10 nitrogen and oxygen atoms in total. The molecule has 12 heteroatoms. The van der Waals surface area contributed by atoms with Crippen molar-refractivity contribution in [2.45, 2.75) is 24.5 Å². The van der Waals surface area contributed by atoms with Gasteiger partial charge in [0.25, 0.3) is 5.91 Å². The van der Waals surface area contributed by atoms with Gasteiger partial charge in [-0.05, 0) is 66.9 Å². The van der Waals surface area contributed by atoms with Crippen molar-refractivity contribution in [3.63, 3.8) is 0 Å². The quantitative estimate of drug-likeness (QED) is 0.320. The molecule has 0 aliphatic carbocycles. The number of amides is 3. The minimum absolute atomic E-state index is 0.0315. The monoisotopic (exact) mass is 755 g/mol. The molecular weight excluding hydrogens is 718 g/mol. The summed E-state index contributed by atoms with van der Waals surface area (Å²) >= 11 is 7.12. The average molecular weight is 758 g/mol. The molecule has 4 aliphatic heterocycles. The second kappa shape index (κ2) is 12.3. The molecule has 46 heavy (non-hydrogen) atoms. The van der Waals surface area contributed by atoms with Crippen LogP contribution in [-0.4, -0.2) is 116 Å². The Kier molecular flexibility index (Phi) is 8.46. The maximum atomic E-state index is 14.6. The molecule has 0 saturated carbocycles. The summed E-state index contributed by atoms with van der Waals surface area (Å²) in [6.07, 6.45) is 0.709. The zero-order valence-corrected chi connectivity index (χ0v) is 29.5. The third-order valence-corrected chi connectivity index (χ3v) is 12.5. The van der Waals surface area contributed by atoms with Crippen LogP contribution >= 0.6 is 31.9 Å². The van der Waals surface area contributed by atoms with Gasteiger partial charge in [0.1, 0.15) is 5.54 Å². The number of fused-ring (bicyclic) bond motifs is 1. The van der Waals surface area contributed by atoms with Crippen LogP contribution in [0.25, 0.3) is 10.8 Å². The van der Waals surface area contributed by atoms with Gasteiger partial charge in [-0.25, -0.2) is 4.79 Å². The number of morpholine rings is 1. The first-order valence-corrected chi connectivity index (χ1v) is 17.3. The van der Waals surface area contributed by atoms with Crippen molar-refractivity contribution in [2.75, 3.05) is 78.6 Å². The summed E-state index contributed by atoms with van der Waals surface area (Å²) < 4.78 is 12.2. The van der Waals surface area contributed by atoms with E-state index in [0.29, 0.717) is 62.6 Å². The van der Waals surface area contributed by atoms with Crippen molar-refractivity contribution >= 4 is 60.3 Å². The summed E-state index contributed by atoms with van der Waals surface area (Å²) in [5.74, 6) is 0.289. The van der Waals surface area contributed by atoms with Crippen molar-refractivity contribution in [2.24, 2.45) is 5.92 Å². The number of rotatable bonds is 8. The molecule has 0 aromatic heterocycles. The first kappa shape index (κ1) is 31.7. The summed E-state index contributed by atoms with van der Waals surface area (Å²) in [4.78, 5) is 39.2. The summed E-state index contributed by atoms with van der Waals surface area (Å²) in [7, 11) is 5.61. The summed E-state index contributed by atoms with van der Waals surface area (Å²) in [6, 6.07) is 14.1. The van der Waals surface area contributed by atoms with Crippen molar-refractivity contribution in [3.05, 3.63) is 62.5 Å². The van der Waals surface area contributed by atoms with Gasteiger partial charge in [0.2, 0.25) is 0 Å². The Balaban J connectivity index is 1.25. The topological polar surface area (TPSA) is 89.0 Å². The molecule has 3 amide bonds. The lowest BCUT2D eigenvalue weighted by Crippen LogP contribution is -2.51. The minimum Gasteiger partial charge on any atom is -0.503 e. The van der Waals surface area contributed by atoms with E-state index in [1.54, 1.807) is 0 Å². The van der Waals surface area contributed by atoms with Crippen LogP contribution < -0.4 is 9.64 Å². The molecule has 244 valence electrons. The van der Waals surface area contributed by atoms with Gasteiger partial charge in [0, 0.05) is 81.4 Å². The maximum Gasteiger partial charge on any atom is 0.328 e. The smallest absolute Gasteiger partial charge is 0.328 e. The van der Waals surface area contributed by atoms with Gasteiger partial charge in [0.05, 0.1) is 30.8 Å². The third kappa shape index (κ3) is 4.99. The number of carbonyl (C=O) groups is 2. The van der Waals surface area contributed by atoms with E-state index in [-0.39, 0.29) is 29.6 Å². The fraction of sp³-hybridized carbons (Fsp3) is 0.471. The maximum absolute atomic E-state index is 14.6. The molecule has 3 aromatic carbocycles. The fourth-order valence-corrected chi connectivity index (χ4v) is 8.96. The Morgan fingerprint density at radius 2 is 1.76 bits per heavy atom. The fourth-order valence-electron chi connectivity index (χ4n) is 8.08. The number of phenolic OH excluding ortho intramolecular Hbond substituents is 1. The van der Waals surface area contributed by atoms with Gasteiger partial charge in [-0.2, -0.15) is 0 Å². The Bertz CT molecular complexity index is 1700. The van der Waals surface area contributed by atoms with E-state index in [1.165, 1.54) is 12.0 Å². The molecule has 4 saturated heterocycles. The van der Waals surface area contributed by atoms with E-state index in [2.05, 4.69) is 76.9 Å². The highest BCUT2D eigenvalue weighted by Gasteiger charge is 2.70. The first-order valence-electron chi connectivity index (χ1n) is 15.8. The normalized spacial score (nSPS) is 25.1. The summed E-state index contributed by atoms with van der Waals surface area (Å²) in [5, 5.41) is 12.7. The lowest BCUT2D eigenvalue weighted by molar-refractivity contribution is -0.133. The van der Waals surface area contributed by atoms with Crippen molar-refractivity contribution in [1.82, 2.24) is 19.6 Å². The zero-order valence-electron chi connectivity index (χ0n) is 26.3.